The molecule has 21 heavy (non-hydrogen) atoms. The minimum absolute atomic E-state index is 0.123. The molecular formula is C16H22N2O3. The molecule has 1 heterocycles. The molecule has 3 rings (SSSR count). The standard InChI is InChI=1S/C16H22N2O3/c1-9(2)5-6-17-12(19)8-18-15(20)13-10-3-4-11(7-10)14(13)16(18)21/h3-4,9-11,13-14H,5-8H2,1-2H3,(H,17,19). The fourth-order valence-electron chi connectivity index (χ4n) is 3.82. The Balaban J connectivity index is 1.59. The van der Waals surface area contributed by atoms with E-state index in [1.807, 2.05) is 0 Å². The quantitative estimate of drug-likeness (QED) is 0.606. The number of likely N-dealkylation sites (tertiary alicyclic amines) is 1. The number of nitrogens with one attached hydrogen (secondary N) is 1. The molecular weight excluding hydrogens is 268 g/mol. The summed E-state index contributed by atoms with van der Waals surface area (Å²) in [5.74, 6) is -0.0522. The highest BCUT2D eigenvalue weighted by Gasteiger charge is 2.59. The Hall–Kier alpha value is -1.65. The smallest absolute Gasteiger partial charge is 0.240 e. The Morgan fingerprint density at radius 2 is 1.81 bits per heavy atom. The molecule has 0 aromatic heterocycles. The van der Waals surface area contributed by atoms with Crippen LogP contribution >= 0.6 is 0 Å². The van der Waals surface area contributed by atoms with Crippen LogP contribution in [-0.4, -0.2) is 35.7 Å². The van der Waals surface area contributed by atoms with E-state index >= 15 is 0 Å². The molecule has 114 valence electrons. The SMILES string of the molecule is CC(C)CCNC(=O)CN1C(=O)C2C3C=CC(C3)C2C1=O. The fourth-order valence-corrected chi connectivity index (χ4v) is 3.82. The summed E-state index contributed by atoms with van der Waals surface area (Å²) < 4.78 is 0. The van der Waals surface area contributed by atoms with E-state index in [2.05, 4.69) is 31.3 Å². The second-order valence-electron chi connectivity index (χ2n) is 6.79. The third-order valence-electron chi connectivity index (χ3n) is 4.91. The first-order chi connectivity index (χ1) is 9.99. The number of allylic oxidation sites excluding steroid dienone is 2. The van der Waals surface area contributed by atoms with Crippen LogP contribution in [0.1, 0.15) is 26.7 Å². The van der Waals surface area contributed by atoms with Gasteiger partial charge in [0.1, 0.15) is 6.54 Å². The summed E-state index contributed by atoms with van der Waals surface area (Å²) in [6.45, 7) is 4.64. The van der Waals surface area contributed by atoms with Crippen molar-refractivity contribution in [3.63, 3.8) is 0 Å². The van der Waals surface area contributed by atoms with Crippen molar-refractivity contribution in [2.45, 2.75) is 26.7 Å². The predicted octanol–water partition coefficient (Wildman–Crippen LogP) is 0.956. The molecule has 1 saturated carbocycles. The van der Waals surface area contributed by atoms with Gasteiger partial charge < -0.3 is 5.32 Å². The van der Waals surface area contributed by atoms with Gasteiger partial charge in [0, 0.05) is 6.54 Å². The Bertz CT molecular complexity index is 482. The molecule has 0 spiro atoms. The third kappa shape index (κ3) is 2.39. The average molecular weight is 290 g/mol. The summed E-state index contributed by atoms with van der Waals surface area (Å²) in [6.07, 6.45) is 5.93. The van der Waals surface area contributed by atoms with Gasteiger partial charge in [-0.2, -0.15) is 0 Å². The van der Waals surface area contributed by atoms with Crippen LogP contribution in [0.3, 0.4) is 0 Å². The molecule has 0 aromatic rings. The largest absolute Gasteiger partial charge is 0.355 e. The highest BCUT2D eigenvalue weighted by Crippen LogP contribution is 2.52. The van der Waals surface area contributed by atoms with Crippen LogP contribution in [0.4, 0.5) is 0 Å². The maximum Gasteiger partial charge on any atom is 0.240 e. The topological polar surface area (TPSA) is 66.5 Å². The number of hydrogen-bond donors (Lipinski definition) is 1. The predicted molar refractivity (Wildman–Crippen MR) is 76.9 cm³/mol. The van der Waals surface area contributed by atoms with Crippen LogP contribution in [0, 0.1) is 29.6 Å². The normalized spacial score (nSPS) is 33.2. The van der Waals surface area contributed by atoms with Crippen molar-refractivity contribution in [1.29, 1.82) is 0 Å². The molecule has 2 aliphatic carbocycles. The maximum atomic E-state index is 12.4. The number of hydrogen-bond acceptors (Lipinski definition) is 3. The number of carbonyl (C=O) groups excluding carboxylic acids is 3. The lowest BCUT2D eigenvalue weighted by molar-refractivity contribution is -0.144. The van der Waals surface area contributed by atoms with Gasteiger partial charge in [0.15, 0.2) is 0 Å². The summed E-state index contributed by atoms with van der Waals surface area (Å²) >= 11 is 0. The third-order valence-corrected chi connectivity index (χ3v) is 4.91. The molecule has 0 aromatic carbocycles. The second-order valence-corrected chi connectivity index (χ2v) is 6.79. The molecule has 1 N–H and O–H groups in total. The van der Waals surface area contributed by atoms with Crippen LogP contribution in [-0.2, 0) is 14.4 Å². The molecule has 5 nitrogen and oxygen atoms in total. The van der Waals surface area contributed by atoms with E-state index in [-0.39, 0.29) is 47.9 Å². The molecule has 2 bridgehead atoms. The molecule has 4 unspecified atom stereocenters. The number of amides is 3. The van der Waals surface area contributed by atoms with E-state index in [4.69, 9.17) is 0 Å². The summed E-state index contributed by atoms with van der Waals surface area (Å²) in [4.78, 5) is 37.9. The van der Waals surface area contributed by atoms with Crippen molar-refractivity contribution in [2.75, 3.05) is 13.1 Å². The highest BCUT2D eigenvalue weighted by molar-refractivity contribution is 6.08. The number of imide groups is 1. The van der Waals surface area contributed by atoms with Crippen molar-refractivity contribution >= 4 is 17.7 Å². The molecule has 1 saturated heterocycles. The molecule has 1 aliphatic heterocycles. The van der Waals surface area contributed by atoms with Gasteiger partial charge in [0.05, 0.1) is 11.8 Å². The maximum absolute atomic E-state index is 12.4. The molecule has 4 atom stereocenters. The van der Waals surface area contributed by atoms with Gasteiger partial charge >= 0.3 is 0 Å². The summed E-state index contributed by atoms with van der Waals surface area (Å²) in [6, 6.07) is 0. The first-order valence-corrected chi connectivity index (χ1v) is 7.79. The molecule has 5 heteroatoms. The van der Waals surface area contributed by atoms with Gasteiger partial charge in [-0.1, -0.05) is 26.0 Å². The van der Waals surface area contributed by atoms with Gasteiger partial charge in [0.25, 0.3) is 0 Å². The summed E-state index contributed by atoms with van der Waals surface area (Å²) in [7, 11) is 0. The minimum atomic E-state index is -0.238. The van der Waals surface area contributed by atoms with E-state index < -0.39 is 0 Å². The Labute approximate surface area is 124 Å². The molecule has 2 fully saturated rings. The highest BCUT2D eigenvalue weighted by atomic mass is 16.2. The molecule has 0 radical (unpaired) electrons. The van der Waals surface area contributed by atoms with Crippen molar-refractivity contribution in [3.8, 4) is 0 Å². The van der Waals surface area contributed by atoms with Crippen LogP contribution < -0.4 is 5.32 Å². The summed E-state index contributed by atoms with van der Waals surface area (Å²) in [5, 5.41) is 2.79. The lowest BCUT2D eigenvalue weighted by atomic mass is 9.85. The van der Waals surface area contributed by atoms with Gasteiger partial charge in [-0.15, -0.1) is 0 Å². The Kier molecular flexibility index (Phi) is 3.59. The van der Waals surface area contributed by atoms with Crippen LogP contribution in [0.15, 0.2) is 12.2 Å². The zero-order valence-electron chi connectivity index (χ0n) is 12.5. The zero-order valence-corrected chi connectivity index (χ0v) is 12.5. The first kappa shape index (κ1) is 14.3. The zero-order chi connectivity index (χ0) is 15.1. The average Bonchev–Trinajstić information content (AvgIpc) is 3.08. The lowest BCUT2D eigenvalue weighted by Crippen LogP contribution is -2.42. The monoisotopic (exact) mass is 290 g/mol. The van der Waals surface area contributed by atoms with Crippen LogP contribution in [0.5, 0.6) is 0 Å². The van der Waals surface area contributed by atoms with Crippen molar-refractivity contribution in [3.05, 3.63) is 12.2 Å². The number of carbonyl (C=O) groups is 3. The van der Waals surface area contributed by atoms with E-state index in [1.165, 1.54) is 4.90 Å². The van der Waals surface area contributed by atoms with Crippen molar-refractivity contribution in [1.82, 2.24) is 10.2 Å². The van der Waals surface area contributed by atoms with E-state index in [0.29, 0.717) is 12.5 Å². The lowest BCUT2D eigenvalue weighted by Gasteiger charge is -2.17. The number of rotatable bonds is 5. The van der Waals surface area contributed by atoms with Crippen molar-refractivity contribution < 1.29 is 14.4 Å². The molecule has 3 aliphatic rings. The second kappa shape index (κ2) is 5.28. The Morgan fingerprint density at radius 3 is 2.33 bits per heavy atom. The van der Waals surface area contributed by atoms with E-state index in [0.717, 1.165) is 12.8 Å². The van der Waals surface area contributed by atoms with Crippen LogP contribution in [0.2, 0.25) is 0 Å². The number of fused-ring (bicyclic) bond motifs is 5. The van der Waals surface area contributed by atoms with E-state index in [1.54, 1.807) is 0 Å². The molecule has 3 amide bonds. The van der Waals surface area contributed by atoms with Gasteiger partial charge in [-0.3, -0.25) is 19.3 Å². The number of nitrogens with zero attached hydrogens (tertiary/aromatic N) is 1. The van der Waals surface area contributed by atoms with Gasteiger partial charge in [0.2, 0.25) is 17.7 Å². The van der Waals surface area contributed by atoms with Gasteiger partial charge in [-0.25, -0.2) is 0 Å². The van der Waals surface area contributed by atoms with Crippen LogP contribution in [0.25, 0.3) is 0 Å². The van der Waals surface area contributed by atoms with Gasteiger partial charge in [-0.05, 0) is 30.6 Å². The minimum Gasteiger partial charge on any atom is -0.355 e. The van der Waals surface area contributed by atoms with E-state index in [9.17, 15) is 14.4 Å². The Morgan fingerprint density at radius 1 is 1.24 bits per heavy atom. The fraction of sp³-hybridized carbons (Fsp3) is 0.688. The van der Waals surface area contributed by atoms with Crippen molar-refractivity contribution in [2.24, 2.45) is 29.6 Å². The summed E-state index contributed by atoms with van der Waals surface area (Å²) in [5.41, 5.74) is 0. The first-order valence-electron chi connectivity index (χ1n) is 7.79.